The highest BCUT2D eigenvalue weighted by Crippen LogP contribution is 2.55. The Labute approximate surface area is 183 Å². The molecule has 3 heteroatoms. The molecule has 0 N–H and O–H groups in total. The number of rotatable bonds is 9. The van der Waals surface area contributed by atoms with Crippen LogP contribution in [-0.4, -0.2) is 37.7 Å². The molecular formula is C27H39NO2. The van der Waals surface area contributed by atoms with E-state index in [0.29, 0.717) is 18.6 Å². The van der Waals surface area contributed by atoms with Gasteiger partial charge < -0.3 is 9.47 Å². The van der Waals surface area contributed by atoms with Crippen LogP contribution in [0.1, 0.15) is 58.4 Å². The van der Waals surface area contributed by atoms with Gasteiger partial charge in [-0.05, 0) is 81.5 Å². The highest BCUT2D eigenvalue weighted by atomic mass is 16.5. The predicted octanol–water partition coefficient (Wildman–Crippen LogP) is 5.97. The summed E-state index contributed by atoms with van der Waals surface area (Å²) in [6, 6.07) is 11.2. The second-order valence-corrected chi connectivity index (χ2v) is 9.85. The highest BCUT2D eigenvalue weighted by molar-refractivity contribution is 5.38. The minimum atomic E-state index is 0.198. The van der Waals surface area contributed by atoms with Gasteiger partial charge in [-0.1, -0.05) is 42.8 Å². The maximum atomic E-state index is 6.19. The van der Waals surface area contributed by atoms with Crippen LogP contribution in [0.15, 0.2) is 53.3 Å². The van der Waals surface area contributed by atoms with Gasteiger partial charge in [0, 0.05) is 24.6 Å². The average Bonchev–Trinajstić information content (AvgIpc) is 3.57. The maximum Gasteiger partial charge on any atom is 0.0927 e. The molecule has 30 heavy (non-hydrogen) atoms. The first-order chi connectivity index (χ1) is 14.5. The number of methoxy groups -OCH3 is 1. The normalized spacial score (nSPS) is 29.9. The second-order valence-electron chi connectivity index (χ2n) is 9.85. The Kier molecular flexibility index (Phi) is 6.69. The van der Waals surface area contributed by atoms with E-state index in [4.69, 9.17) is 9.47 Å². The maximum absolute atomic E-state index is 6.19. The molecule has 1 saturated carbocycles. The minimum Gasteiger partial charge on any atom is -0.501 e. The Morgan fingerprint density at radius 2 is 2.00 bits per heavy atom. The van der Waals surface area contributed by atoms with E-state index >= 15 is 0 Å². The van der Waals surface area contributed by atoms with Gasteiger partial charge in [0.15, 0.2) is 0 Å². The van der Waals surface area contributed by atoms with Crippen molar-refractivity contribution in [1.29, 1.82) is 0 Å². The lowest BCUT2D eigenvalue weighted by Gasteiger charge is -2.56. The minimum absolute atomic E-state index is 0.198. The van der Waals surface area contributed by atoms with Crippen LogP contribution in [0.25, 0.3) is 0 Å². The quantitative estimate of drug-likeness (QED) is 0.370. The van der Waals surface area contributed by atoms with Crippen molar-refractivity contribution in [2.75, 3.05) is 26.8 Å². The third-order valence-corrected chi connectivity index (χ3v) is 7.94. The summed E-state index contributed by atoms with van der Waals surface area (Å²) < 4.78 is 11.8. The Morgan fingerprint density at radius 1 is 1.23 bits per heavy atom. The molecule has 3 unspecified atom stereocenters. The van der Waals surface area contributed by atoms with Gasteiger partial charge in [0.25, 0.3) is 0 Å². The van der Waals surface area contributed by atoms with Crippen molar-refractivity contribution in [2.45, 2.75) is 65.5 Å². The Hall–Kier alpha value is -1.58. The van der Waals surface area contributed by atoms with Crippen LogP contribution in [0.2, 0.25) is 0 Å². The van der Waals surface area contributed by atoms with Gasteiger partial charge in [0.2, 0.25) is 0 Å². The third-order valence-electron chi connectivity index (χ3n) is 7.94. The summed E-state index contributed by atoms with van der Waals surface area (Å²) in [6.07, 6.45) is 8.72. The largest absolute Gasteiger partial charge is 0.501 e. The van der Waals surface area contributed by atoms with Crippen molar-refractivity contribution in [1.82, 2.24) is 4.90 Å². The van der Waals surface area contributed by atoms with Crippen LogP contribution < -0.4 is 0 Å². The van der Waals surface area contributed by atoms with Gasteiger partial charge in [-0.3, -0.25) is 4.90 Å². The molecule has 2 fully saturated rings. The lowest BCUT2D eigenvalue weighted by Crippen LogP contribution is -2.57. The molecule has 0 amide bonds. The smallest absolute Gasteiger partial charge is 0.0927 e. The number of likely N-dealkylation sites (tertiary alicyclic amines) is 1. The molecular weight excluding hydrogens is 370 g/mol. The fraction of sp³-hybridized carbons (Fsp3) is 0.630. The highest BCUT2D eigenvalue weighted by Gasteiger charge is 2.51. The van der Waals surface area contributed by atoms with Crippen molar-refractivity contribution in [2.24, 2.45) is 17.3 Å². The number of benzene rings is 1. The van der Waals surface area contributed by atoms with Crippen molar-refractivity contribution >= 4 is 0 Å². The number of nitrogens with zero attached hydrogens (tertiary/aromatic N) is 1. The summed E-state index contributed by atoms with van der Waals surface area (Å²) >= 11 is 0. The summed E-state index contributed by atoms with van der Waals surface area (Å²) in [4.78, 5) is 2.82. The summed E-state index contributed by atoms with van der Waals surface area (Å²) in [6.45, 7) is 11.0. The van der Waals surface area contributed by atoms with Gasteiger partial charge in [0.1, 0.15) is 0 Å². The first kappa shape index (κ1) is 21.6. The number of fused-ring (bicyclic) bond motifs is 2. The third kappa shape index (κ3) is 4.53. The summed E-state index contributed by atoms with van der Waals surface area (Å²) in [5.41, 5.74) is 4.53. The lowest BCUT2D eigenvalue weighted by molar-refractivity contribution is -0.0232. The van der Waals surface area contributed by atoms with E-state index in [1.807, 2.05) is 0 Å². The zero-order valence-electron chi connectivity index (χ0n) is 19.3. The van der Waals surface area contributed by atoms with Crippen molar-refractivity contribution in [3.63, 3.8) is 0 Å². The first-order valence-electron chi connectivity index (χ1n) is 11.8. The molecule has 1 aromatic carbocycles. The lowest BCUT2D eigenvalue weighted by atomic mass is 9.56. The first-order valence-corrected chi connectivity index (χ1v) is 11.8. The van der Waals surface area contributed by atoms with Gasteiger partial charge in [-0.15, -0.1) is 0 Å². The molecule has 1 aliphatic heterocycles. The molecule has 3 atom stereocenters. The number of hydrogen-bond donors (Lipinski definition) is 0. The molecule has 4 rings (SSSR count). The van der Waals surface area contributed by atoms with E-state index in [9.17, 15) is 0 Å². The second kappa shape index (κ2) is 9.28. The molecule has 1 aromatic rings. The standard InChI is InChI=1S/C27H39NO2/c1-20-16-26-22(3)27(25(20)17-21(2)29-4,12-14-28(26)18-23-10-11-23)13-15-30-19-24-8-6-5-7-9-24/h5-9,17,22-23,26H,10-16,18-19H2,1-4H3. The van der Waals surface area contributed by atoms with Crippen molar-refractivity contribution in [3.05, 3.63) is 58.9 Å². The fourth-order valence-corrected chi connectivity index (χ4v) is 5.85. The van der Waals surface area contributed by atoms with Crippen molar-refractivity contribution < 1.29 is 9.47 Å². The summed E-state index contributed by atoms with van der Waals surface area (Å²) in [7, 11) is 1.78. The molecule has 1 heterocycles. The van der Waals surface area contributed by atoms with Gasteiger partial charge in [-0.2, -0.15) is 0 Å². The van der Waals surface area contributed by atoms with Gasteiger partial charge in [0.05, 0.1) is 19.5 Å². The SMILES string of the molecule is COC(C)=CC1=C(C)CC2C(C)C1(CCOCc1ccccc1)CCN2CC1CC1. The topological polar surface area (TPSA) is 21.7 Å². The molecule has 0 radical (unpaired) electrons. The van der Waals surface area contributed by atoms with Crippen LogP contribution in [0.4, 0.5) is 0 Å². The van der Waals surface area contributed by atoms with Crippen LogP contribution in [0, 0.1) is 17.3 Å². The van der Waals surface area contributed by atoms with E-state index in [1.165, 1.54) is 49.9 Å². The van der Waals surface area contributed by atoms with Crippen LogP contribution in [0.5, 0.6) is 0 Å². The van der Waals surface area contributed by atoms with Crippen molar-refractivity contribution in [3.8, 4) is 0 Å². The number of hydrogen-bond acceptors (Lipinski definition) is 3. The average molecular weight is 410 g/mol. The number of allylic oxidation sites excluding steroid dienone is 3. The number of ether oxygens (including phenoxy) is 2. The Morgan fingerprint density at radius 3 is 2.70 bits per heavy atom. The van der Waals surface area contributed by atoms with Crippen LogP contribution >= 0.6 is 0 Å². The molecule has 0 aromatic heterocycles. The number of piperidine rings is 1. The van der Waals surface area contributed by atoms with E-state index < -0.39 is 0 Å². The van der Waals surface area contributed by atoms with E-state index in [2.05, 4.69) is 62.1 Å². The molecule has 0 spiro atoms. The monoisotopic (exact) mass is 409 g/mol. The van der Waals surface area contributed by atoms with Gasteiger partial charge in [-0.25, -0.2) is 0 Å². The molecule has 3 nitrogen and oxygen atoms in total. The summed E-state index contributed by atoms with van der Waals surface area (Å²) in [5.74, 6) is 2.62. The van der Waals surface area contributed by atoms with E-state index in [0.717, 1.165) is 24.7 Å². The molecule has 1 saturated heterocycles. The molecule has 3 aliphatic rings. The molecule has 2 aliphatic carbocycles. The zero-order chi connectivity index (χ0) is 21.1. The van der Waals surface area contributed by atoms with Crippen LogP contribution in [-0.2, 0) is 16.1 Å². The zero-order valence-corrected chi connectivity index (χ0v) is 19.3. The molecule has 2 bridgehead atoms. The molecule has 164 valence electrons. The van der Waals surface area contributed by atoms with Crippen LogP contribution in [0.3, 0.4) is 0 Å². The fourth-order valence-electron chi connectivity index (χ4n) is 5.85. The Balaban J connectivity index is 1.53. The summed E-state index contributed by atoms with van der Waals surface area (Å²) in [5, 5.41) is 0. The van der Waals surface area contributed by atoms with Gasteiger partial charge >= 0.3 is 0 Å². The predicted molar refractivity (Wildman–Crippen MR) is 123 cm³/mol. The van der Waals surface area contributed by atoms with E-state index in [1.54, 1.807) is 12.7 Å². The van der Waals surface area contributed by atoms with E-state index in [-0.39, 0.29) is 5.41 Å². The Bertz CT molecular complexity index is 779.